The zero-order chi connectivity index (χ0) is 25.4. The number of amides is 1. The van der Waals surface area contributed by atoms with Gasteiger partial charge in [0.1, 0.15) is 28.0 Å². The zero-order valence-electron chi connectivity index (χ0n) is 18.4. The van der Waals surface area contributed by atoms with Crippen molar-refractivity contribution in [2.45, 2.75) is 11.8 Å². The summed E-state index contributed by atoms with van der Waals surface area (Å²) >= 11 is 0. The zero-order valence-corrected chi connectivity index (χ0v) is 19.2. The molecule has 0 saturated carbocycles. The molecular weight excluding hydrogens is 474 g/mol. The Labute approximate surface area is 201 Å². The molecule has 0 spiro atoms. The van der Waals surface area contributed by atoms with Gasteiger partial charge in [-0.3, -0.25) is 14.9 Å². The standard InChI is InChI=1S/C24H19N3O7S/c1-2-33-21-10-5-8-19(14-21)26-24(28)18(16-25)13-17-7-3-4-12-23(17)34-35(31,32)22-11-6-9-20(15-22)27(29)30/h3-15H,2H2,1H3,(H,26,28)/b18-13+. The first-order valence-corrected chi connectivity index (χ1v) is 11.6. The fourth-order valence-electron chi connectivity index (χ4n) is 2.93. The Hall–Kier alpha value is -4.69. The van der Waals surface area contributed by atoms with E-state index in [1.54, 1.807) is 36.4 Å². The van der Waals surface area contributed by atoms with Gasteiger partial charge in [0.25, 0.3) is 11.6 Å². The van der Waals surface area contributed by atoms with Crippen molar-refractivity contribution in [3.05, 3.63) is 94.0 Å². The number of nitro benzene ring substituents is 1. The molecule has 1 N–H and O–H groups in total. The number of hydrogen-bond donors (Lipinski definition) is 1. The third-order valence-electron chi connectivity index (χ3n) is 4.50. The minimum Gasteiger partial charge on any atom is -0.494 e. The molecule has 3 rings (SSSR count). The Morgan fingerprint density at radius 3 is 2.57 bits per heavy atom. The van der Waals surface area contributed by atoms with Crippen LogP contribution in [0.25, 0.3) is 6.08 Å². The third kappa shape index (κ3) is 6.43. The number of carbonyl (C=O) groups is 1. The van der Waals surface area contributed by atoms with Crippen molar-refractivity contribution in [2.75, 3.05) is 11.9 Å². The van der Waals surface area contributed by atoms with E-state index in [1.807, 2.05) is 6.92 Å². The summed E-state index contributed by atoms with van der Waals surface area (Å²) in [5.74, 6) is -0.353. The number of nitrogens with zero attached hydrogens (tertiary/aromatic N) is 2. The molecule has 178 valence electrons. The summed E-state index contributed by atoms with van der Waals surface area (Å²) < 4.78 is 36.0. The van der Waals surface area contributed by atoms with Gasteiger partial charge >= 0.3 is 10.1 Å². The fraction of sp³-hybridized carbons (Fsp3) is 0.0833. The predicted molar refractivity (Wildman–Crippen MR) is 127 cm³/mol. The number of ether oxygens (including phenoxy) is 1. The first kappa shape index (κ1) is 24.9. The van der Waals surface area contributed by atoms with Crippen LogP contribution < -0.4 is 14.2 Å². The van der Waals surface area contributed by atoms with Gasteiger partial charge in [0, 0.05) is 29.4 Å². The average Bonchev–Trinajstić information content (AvgIpc) is 2.83. The maximum Gasteiger partial charge on any atom is 0.339 e. The van der Waals surface area contributed by atoms with E-state index in [9.17, 15) is 28.6 Å². The van der Waals surface area contributed by atoms with Crippen LogP contribution in [0, 0.1) is 21.4 Å². The minimum absolute atomic E-state index is 0.135. The van der Waals surface area contributed by atoms with Gasteiger partial charge in [0.15, 0.2) is 0 Å². The number of nitriles is 1. The van der Waals surface area contributed by atoms with Crippen LogP contribution in [0.5, 0.6) is 11.5 Å². The molecule has 0 heterocycles. The van der Waals surface area contributed by atoms with Crippen molar-refractivity contribution < 1.29 is 27.1 Å². The maximum atomic E-state index is 12.7. The lowest BCUT2D eigenvalue weighted by molar-refractivity contribution is -0.385. The van der Waals surface area contributed by atoms with Gasteiger partial charge in [-0.2, -0.15) is 13.7 Å². The molecule has 35 heavy (non-hydrogen) atoms. The number of rotatable bonds is 9. The molecule has 0 aliphatic heterocycles. The largest absolute Gasteiger partial charge is 0.494 e. The minimum atomic E-state index is -4.44. The number of para-hydroxylation sites is 1. The highest BCUT2D eigenvalue weighted by Gasteiger charge is 2.21. The molecule has 0 bridgehead atoms. The lowest BCUT2D eigenvalue weighted by Gasteiger charge is -2.10. The number of non-ortho nitro benzene ring substituents is 1. The molecule has 0 radical (unpaired) electrons. The van der Waals surface area contributed by atoms with Crippen LogP contribution in [0.1, 0.15) is 12.5 Å². The number of carbonyl (C=O) groups excluding carboxylic acids is 1. The van der Waals surface area contributed by atoms with Crippen LogP contribution in [-0.4, -0.2) is 25.9 Å². The lowest BCUT2D eigenvalue weighted by Crippen LogP contribution is -2.14. The summed E-state index contributed by atoms with van der Waals surface area (Å²) in [5.41, 5.74) is -0.188. The normalized spacial score (nSPS) is 11.3. The Balaban J connectivity index is 1.88. The number of anilines is 1. The Bertz CT molecular complexity index is 1440. The second-order valence-electron chi connectivity index (χ2n) is 6.91. The van der Waals surface area contributed by atoms with E-state index in [4.69, 9.17) is 8.92 Å². The third-order valence-corrected chi connectivity index (χ3v) is 5.73. The predicted octanol–water partition coefficient (Wildman–Crippen LogP) is 4.31. The van der Waals surface area contributed by atoms with Gasteiger partial charge in [-0.05, 0) is 37.3 Å². The molecule has 1 amide bonds. The number of nitro groups is 1. The summed E-state index contributed by atoms with van der Waals surface area (Å²) in [6.45, 7) is 2.26. The van der Waals surface area contributed by atoms with Gasteiger partial charge in [-0.1, -0.05) is 30.3 Å². The van der Waals surface area contributed by atoms with Crippen molar-refractivity contribution in [3.63, 3.8) is 0 Å². The quantitative estimate of drug-likeness (QED) is 0.152. The van der Waals surface area contributed by atoms with Crippen LogP contribution in [0.3, 0.4) is 0 Å². The fourth-order valence-corrected chi connectivity index (χ4v) is 3.92. The molecule has 0 aliphatic carbocycles. The van der Waals surface area contributed by atoms with Crippen molar-refractivity contribution >= 4 is 33.5 Å². The molecule has 3 aromatic carbocycles. The van der Waals surface area contributed by atoms with E-state index in [2.05, 4.69) is 5.32 Å². The van der Waals surface area contributed by atoms with Gasteiger partial charge in [-0.25, -0.2) is 0 Å². The second-order valence-corrected chi connectivity index (χ2v) is 8.46. The van der Waals surface area contributed by atoms with Crippen LogP contribution >= 0.6 is 0 Å². The van der Waals surface area contributed by atoms with E-state index in [1.165, 1.54) is 30.3 Å². The second kappa shape index (κ2) is 11.0. The molecule has 0 aliphatic rings. The Morgan fingerprint density at radius 1 is 1.11 bits per heavy atom. The van der Waals surface area contributed by atoms with E-state index in [0.29, 0.717) is 18.0 Å². The summed E-state index contributed by atoms with van der Waals surface area (Å²) in [6.07, 6.45) is 1.18. The molecule has 0 atom stereocenters. The molecule has 10 nitrogen and oxygen atoms in total. The van der Waals surface area contributed by atoms with E-state index < -0.39 is 31.5 Å². The number of nitrogens with one attached hydrogen (secondary N) is 1. The highest BCUT2D eigenvalue weighted by molar-refractivity contribution is 7.87. The monoisotopic (exact) mass is 493 g/mol. The van der Waals surface area contributed by atoms with Gasteiger partial charge < -0.3 is 14.2 Å². The Kier molecular flexibility index (Phi) is 7.81. The molecule has 0 aromatic heterocycles. The van der Waals surface area contributed by atoms with E-state index in [-0.39, 0.29) is 16.9 Å². The smallest absolute Gasteiger partial charge is 0.339 e. The molecule has 0 unspecified atom stereocenters. The van der Waals surface area contributed by atoms with Crippen molar-refractivity contribution in [1.29, 1.82) is 5.26 Å². The summed E-state index contributed by atoms with van der Waals surface area (Å²) in [7, 11) is -4.44. The van der Waals surface area contributed by atoms with Crippen LogP contribution in [0.2, 0.25) is 0 Å². The van der Waals surface area contributed by atoms with Crippen LogP contribution in [-0.2, 0) is 14.9 Å². The summed E-state index contributed by atoms with van der Waals surface area (Å²) in [6, 6.07) is 18.7. The van der Waals surface area contributed by atoms with Crippen molar-refractivity contribution in [1.82, 2.24) is 0 Å². The van der Waals surface area contributed by atoms with Crippen LogP contribution in [0.15, 0.2) is 83.3 Å². The van der Waals surface area contributed by atoms with Crippen molar-refractivity contribution in [3.8, 4) is 17.6 Å². The number of benzene rings is 3. The maximum absolute atomic E-state index is 12.7. The molecule has 0 saturated heterocycles. The van der Waals surface area contributed by atoms with Crippen LogP contribution in [0.4, 0.5) is 11.4 Å². The Morgan fingerprint density at radius 2 is 1.86 bits per heavy atom. The first-order valence-electron chi connectivity index (χ1n) is 10.2. The topological polar surface area (TPSA) is 149 Å². The van der Waals surface area contributed by atoms with Gasteiger partial charge in [-0.15, -0.1) is 0 Å². The van der Waals surface area contributed by atoms with Gasteiger partial charge in [0.2, 0.25) is 0 Å². The highest BCUT2D eigenvalue weighted by Crippen LogP contribution is 2.27. The van der Waals surface area contributed by atoms with Gasteiger partial charge in [0.05, 0.1) is 11.5 Å². The van der Waals surface area contributed by atoms with Crippen molar-refractivity contribution in [2.24, 2.45) is 0 Å². The highest BCUT2D eigenvalue weighted by atomic mass is 32.2. The molecular formula is C24H19N3O7S. The summed E-state index contributed by atoms with van der Waals surface area (Å²) in [5, 5.41) is 23.1. The molecule has 11 heteroatoms. The van der Waals surface area contributed by atoms with E-state index >= 15 is 0 Å². The molecule has 0 fully saturated rings. The number of hydrogen-bond acceptors (Lipinski definition) is 8. The SMILES string of the molecule is CCOc1cccc(NC(=O)/C(C#N)=C/c2ccccc2OS(=O)(=O)c2cccc([N+](=O)[O-])c2)c1. The average molecular weight is 493 g/mol. The summed E-state index contributed by atoms with van der Waals surface area (Å²) in [4.78, 5) is 22.5. The molecule has 3 aromatic rings. The van der Waals surface area contributed by atoms with E-state index in [0.717, 1.165) is 18.2 Å². The first-order chi connectivity index (χ1) is 16.7. The lowest BCUT2D eigenvalue weighted by atomic mass is 10.1.